The van der Waals surface area contributed by atoms with E-state index >= 15 is 0 Å². The zero-order valence-electron chi connectivity index (χ0n) is 25.3. The summed E-state index contributed by atoms with van der Waals surface area (Å²) in [5.74, 6) is -2.83. The Morgan fingerprint density at radius 2 is 1.85 bits per heavy atom. The van der Waals surface area contributed by atoms with Crippen molar-refractivity contribution in [3.05, 3.63) is 25.3 Å². The Morgan fingerprint density at radius 1 is 1.21 bits per heavy atom. The summed E-state index contributed by atoms with van der Waals surface area (Å²) < 4.78 is 12.3. The van der Waals surface area contributed by atoms with Crippen molar-refractivity contribution in [3.63, 3.8) is 0 Å². The van der Waals surface area contributed by atoms with Crippen LogP contribution in [0, 0.1) is 23.2 Å². The van der Waals surface area contributed by atoms with Crippen molar-refractivity contribution in [1.82, 2.24) is 9.80 Å². The van der Waals surface area contributed by atoms with Crippen LogP contribution < -0.4 is 0 Å². The number of likely N-dealkylation sites (tertiary alicyclic amines) is 1. The molecule has 0 aromatic carbocycles. The summed E-state index contributed by atoms with van der Waals surface area (Å²) >= 11 is 0. The summed E-state index contributed by atoms with van der Waals surface area (Å²) in [5, 5.41) is 10.5. The Kier molecular flexibility index (Phi) is 8.84. The molecular weight excluding hydrogens is 496 g/mol. The predicted octanol–water partition coefficient (Wildman–Crippen LogP) is 4.12. The minimum Gasteiger partial charge on any atom is -0.465 e. The molecule has 2 bridgehead atoms. The number of rotatable bonds is 12. The maximum absolute atomic E-state index is 14.8. The standard InChI is InChI=1S/C31H50N2O6/c1-11-13-17-38-27(37)23-22-25(35)33(21(18-34)20(3)4)24(31(22)15-14-30(23,10)39-31)26(36)32(16-12-2)29(8,9)19-28(5,6)7/h11-12,20-24,34H,1-2,13-19H2,3-10H3/t21-,22-,23-,24?,30+,31?/m0/s1. The van der Waals surface area contributed by atoms with Gasteiger partial charge in [-0.2, -0.15) is 0 Å². The first kappa shape index (κ1) is 31.3. The second-order valence-corrected chi connectivity index (χ2v) is 14.0. The fourth-order valence-electron chi connectivity index (χ4n) is 7.62. The van der Waals surface area contributed by atoms with E-state index in [0.717, 1.165) is 6.42 Å². The van der Waals surface area contributed by atoms with Crippen molar-refractivity contribution in [3.8, 4) is 0 Å². The summed E-state index contributed by atoms with van der Waals surface area (Å²) in [5.41, 5.74) is -2.70. The lowest BCUT2D eigenvalue weighted by Crippen LogP contribution is -2.63. The first-order valence-corrected chi connectivity index (χ1v) is 14.3. The van der Waals surface area contributed by atoms with E-state index in [1.807, 2.05) is 34.6 Å². The van der Waals surface area contributed by atoms with Crippen LogP contribution >= 0.6 is 0 Å². The number of aliphatic hydroxyl groups is 1. The average molecular weight is 547 g/mol. The molecule has 2 unspecified atom stereocenters. The van der Waals surface area contributed by atoms with Gasteiger partial charge in [0, 0.05) is 12.1 Å². The zero-order valence-corrected chi connectivity index (χ0v) is 25.3. The SMILES string of the molecule is C=CCCOC(=O)[C@@H]1[C@H]2C(=O)N([C@@H](CO)C(C)C)C(C(=O)N(CC=C)C(C)(C)CC(C)(C)C)C23CC[C@@]1(C)O3. The fourth-order valence-corrected chi connectivity index (χ4v) is 7.62. The van der Waals surface area contributed by atoms with Crippen LogP contribution in [0.3, 0.4) is 0 Å². The Hall–Kier alpha value is -2.19. The Balaban J connectivity index is 2.15. The molecular formula is C31H50N2O6. The van der Waals surface area contributed by atoms with Gasteiger partial charge in [0.25, 0.3) is 0 Å². The highest BCUT2D eigenvalue weighted by Crippen LogP contribution is 2.64. The maximum atomic E-state index is 14.8. The molecule has 220 valence electrons. The van der Waals surface area contributed by atoms with Gasteiger partial charge in [0.15, 0.2) is 0 Å². The van der Waals surface area contributed by atoms with Crippen LogP contribution in [0.2, 0.25) is 0 Å². The molecule has 0 aromatic rings. The van der Waals surface area contributed by atoms with E-state index < -0.39 is 46.6 Å². The second-order valence-electron chi connectivity index (χ2n) is 14.0. The topological polar surface area (TPSA) is 96.4 Å². The van der Waals surface area contributed by atoms with Crippen LogP contribution in [0.1, 0.15) is 81.1 Å². The van der Waals surface area contributed by atoms with Crippen molar-refractivity contribution in [2.24, 2.45) is 23.2 Å². The molecule has 3 aliphatic heterocycles. The number of carbonyl (C=O) groups is 3. The third kappa shape index (κ3) is 5.43. The molecule has 0 aromatic heterocycles. The molecule has 3 fully saturated rings. The van der Waals surface area contributed by atoms with Gasteiger partial charge in [0.1, 0.15) is 17.6 Å². The number of ether oxygens (including phenoxy) is 2. The molecule has 0 aliphatic carbocycles. The lowest BCUT2D eigenvalue weighted by Gasteiger charge is -2.47. The van der Waals surface area contributed by atoms with Gasteiger partial charge in [-0.3, -0.25) is 14.4 Å². The number of amides is 2. The number of hydrogen-bond donors (Lipinski definition) is 1. The van der Waals surface area contributed by atoms with E-state index in [2.05, 4.69) is 33.9 Å². The average Bonchev–Trinajstić information content (AvgIpc) is 3.37. The monoisotopic (exact) mass is 546 g/mol. The molecule has 3 rings (SSSR count). The van der Waals surface area contributed by atoms with Crippen LogP contribution in [0.4, 0.5) is 0 Å². The molecule has 39 heavy (non-hydrogen) atoms. The van der Waals surface area contributed by atoms with Crippen LogP contribution in [-0.4, -0.2) is 81.3 Å². The van der Waals surface area contributed by atoms with E-state index in [1.54, 1.807) is 22.0 Å². The molecule has 2 amide bonds. The van der Waals surface area contributed by atoms with Crippen LogP contribution in [0.25, 0.3) is 0 Å². The molecule has 3 saturated heterocycles. The third-order valence-electron chi connectivity index (χ3n) is 8.85. The van der Waals surface area contributed by atoms with Crippen molar-refractivity contribution >= 4 is 17.8 Å². The summed E-state index contributed by atoms with van der Waals surface area (Å²) in [6.45, 7) is 24.0. The fraction of sp³-hybridized carbons (Fsp3) is 0.774. The number of fused-ring (bicyclic) bond motifs is 1. The molecule has 1 spiro atoms. The van der Waals surface area contributed by atoms with Gasteiger partial charge in [-0.1, -0.05) is 46.8 Å². The van der Waals surface area contributed by atoms with Crippen molar-refractivity contribution in [2.75, 3.05) is 19.8 Å². The number of aliphatic hydroxyl groups excluding tert-OH is 1. The molecule has 8 nitrogen and oxygen atoms in total. The van der Waals surface area contributed by atoms with Crippen molar-refractivity contribution < 1.29 is 29.0 Å². The normalized spacial score (nSPS) is 30.9. The summed E-state index contributed by atoms with van der Waals surface area (Å²) in [6.07, 6.45) is 5.62. The molecule has 6 atom stereocenters. The summed E-state index contributed by atoms with van der Waals surface area (Å²) in [6, 6.07) is -1.57. The number of esters is 1. The summed E-state index contributed by atoms with van der Waals surface area (Å²) in [4.78, 5) is 45.9. The highest BCUT2D eigenvalue weighted by atomic mass is 16.6. The molecule has 8 heteroatoms. The molecule has 1 N–H and O–H groups in total. The largest absolute Gasteiger partial charge is 0.465 e. The van der Waals surface area contributed by atoms with E-state index in [9.17, 15) is 19.5 Å². The second kappa shape index (κ2) is 11.0. The highest BCUT2D eigenvalue weighted by Gasteiger charge is 2.79. The van der Waals surface area contributed by atoms with Crippen LogP contribution in [0.5, 0.6) is 0 Å². The lowest BCUT2D eigenvalue weighted by molar-refractivity contribution is -0.164. The zero-order chi connectivity index (χ0) is 29.6. The number of hydrogen-bond acceptors (Lipinski definition) is 6. The van der Waals surface area contributed by atoms with Gasteiger partial charge in [-0.05, 0) is 57.8 Å². The van der Waals surface area contributed by atoms with Crippen molar-refractivity contribution in [2.45, 2.75) is 110 Å². The number of nitrogens with zero attached hydrogens (tertiary/aromatic N) is 2. The highest BCUT2D eigenvalue weighted by molar-refractivity contribution is 5.99. The summed E-state index contributed by atoms with van der Waals surface area (Å²) in [7, 11) is 0. The van der Waals surface area contributed by atoms with E-state index in [4.69, 9.17) is 9.47 Å². The minimum absolute atomic E-state index is 0.0587. The number of carbonyl (C=O) groups excluding carboxylic acids is 3. The molecule has 3 aliphatic rings. The Labute approximate surface area is 234 Å². The van der Waals surface area contributed by atoms with Gasteiger partial charge >= 0.3 is 5.97 Å². The van der Waals surface area contributed by atoms with Gasteiger partial charge < -0.3 is 24.4 Å². The first-order chi connectivity index (χ1) is 18.0. The minimum atomic E-state index is -1.18. The molecule has 0 saturated carbocycles. The first-order valence-electron chi connectivity index (χ1n) is 14.3. The van der Waals surface area contributed by atoms with Gasteiger partial charge in [0.05, 0.1) is 30.8 Å². The molecule has 0 radical (unpaired) electrons. The van der Waals surface area contributed by atoms with E-state index in [0.29, 0.717) is 25.8 Å². The van der Waals surface area contributed by atoms with Gasteiger partial charge in [0.2, 0.25) is 11.8 Å². The van der Waals surface area contributed by atoms with E-state index in [1.165, 1.54) is 0 Å². The third-order valence-corrected chi connectivity index (χ3v) is 8.85. The maximum Gasteiger partial charge on any atom is 0.312 e. The van der Waals surface area contributed by atoms with Gasteiger partial charge in [-0.15, -0.1) is 13.2 Å². The molecule has 3 heterocycles. The quantitative estimate of drug-likeness (QED) is 0.225. The Morgan fingerprint density at radius 3 is 2.36 bits per heavy atom. The van der Waals surface area contributed by atoms with E-state index in [-0.39, 0.29) is 36.4 Å². The smallest absolute Gasteiger partial charge is 0.312 e. The Bertz CT molecular complexity index is 984. The predicted molar refractivity (Wildman–Crippen MR) is 151 cm³/mol. The lowest BCUT2D eigenvalue weighted by atomic mass is 9.66. The van der Waals surface area contributed by atoms with Gasteiger partial charge in [-0.25, -0.2) is 0 Å². The van der Waals surface area contributed by atoms with Crippen LogP contribution in [-0.2, 0) is 23.9 Å². The van der Waals surface area contributed by atoms with Crippen LogP contribution in [0.15, 0.2) is 25.3 Å². The van der Waals surface area contributed by atoms with Crippen molar-refractivity contribution in [1.29, 1.82) is 0 Å².